The van der Waals surface area contributed by atoms with Crippen molar-refractivity contribution in [2.24, 2.45) is 63.1 Å². The highest BCUT2D eigenvalue weighted by Crippen LogP contribution is 2.81. The highest BCUT2D eigenvalue weighted by atomic mass is 16.4. The van der Waals surface area contributed by atoms with Gasteiger partial charge in [-0.25, -0.2) is 0 Å². The molecule has 0 spiro atoms. The van der Waals surface area contributed by atoms with Crippen molar-refractivity contribution < 1.29 is 14.7 Å². The predicted molar refractivity (Wildman–Crippen MR) is 132 cm³/mol. The second-order valence-corrected chi connectivity index (χ2v) is 14.1. The zero-order valence-corrected chi connectivity index (χ0v) is 21.9. The SMILES string of the molecule is C=C(C)C1CCC2(C(=O)O)C1(C)C1CCC3C4CCC(=O)CC4CCC3C1C(C)(C)C2(C)C. The van der Waals surface area contributed by atoms with Gasteiger partial charge in [-0.2, -0.15) is 0 Å². The van der Waals surface area contributed by atoms with E-state index < -0.39 is 11.4 Å². The molecule has 3 nitrogen and oxygen atoms in total. The molecule has 184 valence electrons. The molecule has 5 aliphatic rings. The van der Waals surface area contributed by atoms with E-state index in [1.807, 2.05) is 0 Å². The lowest BCUT2D eigenvalue weighted by Crippen LogP contribution is -2.71. The monoisotopic (exact) mass is 454 g/mol. The van der Waals surface area contributed by atoms with Crippen LogP contribution in [0.25, 0.3) is 0 Å². The maximum absolute atomic E-state index is 13.3. The summed E-state index contributed by atoms with van der Waals surface area (Å²) in [6, 6.07) is 0. The van der Waals surface area contributed by atoms with Gasteiger partial charge in [0.25, 0.3) is 0 Å². The van der Waals surface area contributed by atoms with E-state index in [0.717, 1.165) is 44.4 Å². The molecule has 5 aliphatic carbocycles. The Kier molecular flexibility index (Phi) is 5.15. The normalized spacial score (nSPS) is 49.9. The quantitative estimate of drug-likeness (QED) is 0.451. The number of Topliss-reactive ketones (excluding diaryl/α,β-unsaturated/α-hetero) is 1. The first-order valence-corrected chi connectivity index (χ1v) is 13.7. The number of hydrogen-bond acceptors (Lipinski definition) is 2. The summed E-state index contributed by atoms with van der Waals surface area (Å²) in [5, 5.41) is 11.0. The first-order chi connectivity index (χ1) is 15.3. The molecule has 0 aromatic heterocycles. The van der Waals surface area contributed by atoms with Gasteiger partial charge in [-0.15, -0.1) is 0 Å². The first-order valence-electron chi connectivity index (χ1n) is 13.7. The summed E-state index contributed by atoms with van der Waals surface area (Å²) in [6.45, 7) is 18.3. The largest absolute Gasteiger partial charge is 0.481 e. The third-order valence-corrected chi connectivity index (χ3v) is 13.2. The van der Waals surface area contributed by atoms with Gasteiger partial charge in [0.05, 0.1) is 5.41 Å². The molecule has 0 aliphatic heterocycles. The van der Waals surface area contributed by atoms with Gasteiger partial charge >= 0.3 is 5.97 Å². The Morgan fingerprint density at radius 3 is 2.24 bits per heavy atom. The molecule has 0 amide bonds. The van der Waals surface area contributed by atoms with Crippen LogP contribution < -0.4 is 0 Å². The molecule has 1 N–H and O–H groups in total. The Morgan fingerprint density at radius 1 is 0.939 bits per heavy atom. The molecular weight excluding hydrogens is 408 g/mol. The fourth-order valence-corrected chi connectivity index (χ4v) is 11.5. The Labute approximate surface area is 201 Å². The molecule has 5 rings (SSSR count). The number of allylic oxidation sites excluding steroid dienone is 1. The lowest BCUT2D eigenvalue weighted by molar-refractivity contribution is -0.264. The van der Waals surface area contributed by atoms with E-state index in [2.05, 4.69) is 48.1 Å². The minimum Gasteiger partial charge on any atom is -0.481 e. The second kappa shape index (κ2) is 7.20. The number of carbonyl (C=O) groups excluding carboxylic acids is 1. The highest BCUT2D eigenvalue weighted by molar-refractivity contribution is 5.79. The third-order valence-electron chi connectivity index (χ3n) is 13.2. The molecule has 3 heteroatoms. The Morgan fingerprint density at radius 2 is 1.61 bits per heavy atom. The van der Waals surface area contributed by atoms with E-state index in [1.54, 1.807) is 0 Å². The van der Waals surface area contributed by atoms with Gasteiger partial charge in [-0.05, 0) is 110 Å². The van der Waals surface area contributed by atoms with Crippen molar-refractivity contribution in [3.05, 3.63) is 12.2 Å². The summed E-state index contributed by atoms with van der Waals surface area (Å²) in [5.41, 5.74) is -0.145. The number of carboxylic acids is 1. The van der Waals surface area contributed by atoms with Gasteiger partial charge in [0.15, 0.2) is 0 Å². The smallest absolute Gasteiger partial charge is 0.310 e. The third kappa shape index (κ3) is 2.63. The Balaban J connectivity index is 1.64. The maximum Gasteiger partial charge on any atom is 0.310 e. The molecule has 33 heavy (non-hydrogen) atoms. The summed E-state index contributed by atoms with van der Waals surface area (Å²) in [6.07, 6.45) is 9.23. The van der Waals surface area contributed by atoms with Crippen molar-refractivity contribution in [2.45, 2.75) is 99.3 Å². The second-order valence-electron chi connectivity index (χ2n) is 14.1. The molecule has 0 saturated heterocycles. The molecule has 0 heterocycles. The van der Waals surface area contributed by atoms with E-state index in [9.17, 15) is 14.7 Å². The maximum atomic E-state index is 13.3. The van der Waals surface area contributed by atoms with Crippen LogP contribution >= 0.6 is 0 Å². The van der Waals surface area contributed by atoms with Crippen LogP contribution in [-0.2, 0) is 9.59 Å². The molecule has 5 saturated carbocycles. The molecule has 9 unspecified atom stereocenters. The lowest BCUT2D eigenvalue weighted by Gasteiger charge is -2.73. The van der Waals surface area contributed by atoms with Crippen LogP contribution in [0.1, 0.15) is 99.3 Å². The van der Waals surface area contributed by atoms with Crippen LogP contribution in [-0.4, -0.2) is 16.9 Å². The highest BCUT2D eigenvalue weighted by Gasteiger charge is 2.79. The lowest BCUT2D eigenvalue weighted by atomic mass is 9.30. The van der Waals surface area contributed by atoms with Crippen molar-refractivity contribution in [1.82, 2.24) is 0 Å². The van der Waals surface area contributed by atoms with Crippen molar-refractivity contribution >= 4 is 11.8 Å². The number of rotatable bonds is 2. The van der Waals surface area contributed by atoms with E-state index in [-0.39, 0.29) is 22.2 Å². The minimum atomic E-state index is -0.713. The Bertz CT molecular complexity index is 883. The van der Waals surface area contributed by atoms with Gasteiger partial charge in [-0.1, -0.05) is 46.8 Å². The summed E-state index contributed by atoms with van der Waals surface area (Å²) in [4.78, 5) is 25.5. The van der Waals surface area contributed by atoms with Gasteiger partial charge in [0.2, 0.25) is 0 Å². The minimum absolute atomic E-state index is 0.0554. The molecular formula is C30H46O3. The summed E-state index contributed by atoms with van der Waals surface area (Å²) >= 11 is 0. The average molecular weight is 455 g/mol. The van der Waals surface area contributed by atoms with Crippen molar-refractivity contribution in [1.29, 1.82) is 0 Å². The number of fused-ring (bicyclic) bond motifs is 7. The van der Waals surface area contributed by atoms with Crippen LogP contribution in [0.5, 0.6) is 0 Å². The predicted octanol–water partition coefficient (Wildman–Crippen LogP) is 7.15. The van der Waals surface area contributed by atoms with Crippen LogP contribution in [0.2, 0.25) is 0 Å². The molecule has 0 bridgehead atoms. The number of aliphatic carboxylic acids is 1. The first kappa shape index (κ1) is 23.6. The molecule has 9 atom stereocenters. The number of ketones is 1. The van der Waals surface area contributed by atoms with E-state index in [4.69, 9.17) is 0 Å². The number of hydrogen-bond donors (Lipinski definition) is 1. The fourth-order valence-electron chi connectivity index (χ4n) is 11.5. The van der Waals surface area contributed by atoms with Gasteiger partial charge in [0, 0.05) is 12.8 Å². The molecule has 5 fully saturated rings. The van der Waals surface area contributed by atoms with Crippen LogP contribution in [0.3, 0.4) is 0 Å². The topological polar surface area (TPSA) is 54.4 Å². The van der Waals surface area contributed by atoms with E-state index in [0.29, 0.717) is 35.4 Å². The standard InChI is InChI=1S/C30H46O3/c1-17(2)23-14-15-30(26(32)33)28(5,6)27(3,4)25-22-10-8-18-16-19(31)9-11-20(18)21(22)12-13-24(25)29(23,30)7/h18,20-25H,1,8-16H2,2-7H3,(H,32,33). The summed E-state index contributed by atoms with van der Waals surface area (Å²) < 4.78 is 0. The fraction of sp³-hybridized carbons (Fsp3) is 0.867. The summed E-state index contributed by atoms with van der Waals surface area (Å²) in [7, 11) is 0. The zero-order valence-electron chi connectivity index (χ0n) is 21.9. The van der Waals surface area contributed by atoms with Crippen LogP contribution in [0.15, 0.2) is 12.2 Å². The van der Waals surface area contributed by atoms with E-state index >= 15 is 0 Å². The van der Waals surface area contributed by atoms with Crippen molar-refractivity contribution in [3.63, 3.8) is 0 Å². The van der Waals surface area contributed by atoms with Gasteiger partial charge in [0.1, 0.15) is 5.78 Å². The molecule has 0 aromatic carbocycles. The van der Waals surface area contributed by atoms with Crippen LogP contribution in [0, 0.1) is 63.1 Å². The number of carboxylic acid groups (broad SMARTS) is 1. The number of carbonyl (C=O) groups is 2. The van der Waals surface area contributed by atoms with Gasteiger partial charge in [-0.3, -0.25) is 9.59 Å². The van der Waals surface area contributed by atoms with E-state index in [1.165, 1.54) is 24.8 Å². The summed E-state index contributed by atoms with van der Waals surface area (Å²) in [5.74, 6) is 3.88. The van der Waals surface area contributed by atoms with Crippen LogP contribution in [0.4, 0.5) is 0 Å². The zero-order chi connectivity index (χ0) is 24.1. The molecule has 0 radical (unpaired) electrons. The Hall–Kier alpha value is -1.12. The molecule has 0 aromatic rings. The van der Waals surface area contributed by atoms with Crippen molar-refractivity contribution in [2.75, 3.05) is 0 Å². The van der Waals surface area contributed by atoms with Crippen molar-refractivity contribution in [3.8, 4) is 0 Å². The average Bonchev–Trinajstić information content (AvgIpc) is 3.07. The van der Waals surface area contributed by atoms with Gasteiger partial charge < -0.3 is 5.11 Å².